The highest BCUT2D eigenvalue weighted by molar-refractivity contribution is 5.88. The smallest absolute Gasteiger partial charge is 0.416 e. The molecule has 0 aliphatic carbocycles. The van der Waals surface area contributed by atoms with Crippen molar-refractivity contribution in [2.24, 2.45) is 0 Å². The largest absolute Gasteiger partial charge is 0.462 e. The van der Waals surface area contributed by atoms with Crippen LogP contribution >= 0.6 is 0 Å². The van der Waals surface area contributed by atoms with Crippen LogP contribution in [0.4, 0.5) is 13.2 Å². The number of carbonyl (C=O) groups is 1. The van der Waals surface area contributed by atoms with Gasteiger partial charge in [-0.3, -0.25) is 0 Å². The van der Waals surface area contributed by atoms with Gasteiger partial charge in [-0.1, -0.05) is 12.1 Å². The Labute approximate surface area is 118 Å². The van der Waals surface area contributed by atoms with Crippen molar-refractivity contribution in [1.29, 1.82) is 0 Å². The van der Waals surface area contributed by atoms with Crippen LogP contribution in [-0.4, -0.2) is 22.5 Å². The molecule has 0 saturated carbocycles. The Morgan fingerprint density at radius 1 is 1.14 bits per heavy atom. The summed E-state index contributed by atoms with van der Waals surface area (Å²) in [5, 5.41) is 0. The molecule has 0 bridgehead atoms. The molecule has 0 aliphatic heterocycles. The third-order valence-electron chi connectivity index (χ3n) is 2.63. The molecular weight excluding hydrogens is 285 g/mol. The third-order valence-corrected chi connectivity index (χ3v) is 2.63. The molecule has 0 radical (unpaired) electrons. The Morgan fingerprint density at radius 2 is 1.71 bits per heavy atom. The first-order chi connectivity index (χ1) is 9.91. The van der Waals surface area contributed by atoms with E-state index in [1.807, 2.05) is 0 Å². The monoisotopic (exact) mass is 296 g/mol. The van der Waals surface area contributed by atoms with E-state index in [1.165, 1.54) is 24.5 Å². The molecular formula is C14H11F3N2O2. The number of ether oxygens (including phenoxy) is 1. The molecule has 7 heteroatoms. The Morgan fingerprint density at radius 3 is 2.19 bits per heavy atom. The lowest BCUT2D eigenvalue weighted by Crippen LogP contribution is -2.06. The number of hydrogen-bond acceptors (Lipinski definition) is 4. The van der Waals surface area contributed by atoms with Crippen molar-refractivity contribution in [3.8, 4) is 11.4 Å². The van der Waals surface area contributed by atoms with Crippen LogP contribution in [0.25, 0.3) is 11.4 Å². The molecule has 2 rings (SSSR count). The zero-order chi connectivity index (χ0) is 15.5. The fraction of sp³-hybridized carbons (Fsp3) is 0.214. The fourth-order valence-corrected chi connectivity index (χ4v) is 1.61. The average molecular weight is 296 g/mol. The van der Waals surface area contributed by atoms with Crippen LogP contribution in [0.1, 0.15) is 22.8 Å². The van der Waals surface area contributed by atoms with E-state index in [-0.39, 0.29) is 18.0 Å². The topological polar surface area (TPSA) is 52.1 Å². The standard InChI is InChI=1S/C14H11F3N2O2/c1-2-21-13(20)10-7-18-12(19-8-10)9-3-5-11(6-4-9)14(15,16)17/h3-8H,2H2,1H3. The maximum Gasteiger partial charge on any atom is 0.416 e. The molecule has 0 aliphatic rings. The van der Waals surface area contributed by atoms with Gasteiger partial charge in [0.25, 0.3) is 0 Å². The first kappa shape index (κ1) is 15.0. The van der Waals surface area contributed by atoms with Gasteiger partial charge < -0.3 is 4.74 Å². The molecule has 0 amide bonds. The van der Waals surface area contributed by atoms with Crippen LogP contribution in [0.3, 0.4) is 0 Å². The van der Waals surface area contributed by atoms with Gasteiger partial charge in [0, 0.05) is 18.0 Å². The maximum atomic E-state index is 12.5. The Kier molecular flexibility index (Phi) is 4.21. The van der Waals surface area contributed by atoms with Gasteiger partial charge in [-0.15, -0.1) is 0 Å². The summed E-state index contributed by atoms with van der Waals surface area (Å²) in [6, 6.07) is 4.47. The quantitative estimate of drug-likeness (QED) is 0.815. The zero-order valence-corrected chi connectivity index (χ0v) is 11.0. The van der Waals surface area contributed by atoms with Crippen molar-refractivity contribution in [2.75, 3.05) is 6.61 Å². The predicted molar refractivity (Wildman–Crippen MR) is 68.4 cm³/mol. The van der Waals surface area contributed by atoms with E-state index in [0.29, 0.717) is 5.56 Å². The molecule has 21 heavy (non-hydrogen) atoms. The van der Waals surface area contributed by atoms with Crippen LogP contribution in [0, 0.1) is 0 Å². The lowest BCUT2D eigenvalue weighted by molar-refractivity contribution is -0.137. The molecule has 0 unspecified atom stereocenters. The highest BCUT2D eigenvalue weighted by atomic mass is 19.4. The summed E-state index contributed by atoms with van der Waals surface area (Å²) in [4.78, 5) is 19.3. The summed E-state index contributed by atoms with van der Waals surface area (Å²) in [7, 11) is 0. The summed E-state index contributed by atoms with van der Waals surface area (Å²) >= 11 is 0. The van der Waals surface area contributed by atoms with Gasteiger partial charge in [-0.2, -0.15) is 13.2 Å². The molecule has 1 heterocycles. The average Bonchev–Trinajstić information content (AvgIpc) is 2.47. The van der Waals surface area contributed by atoms with Gasteiger partial charge >= 0.3 is 12.1 Å². The molecule has 110 valence electrons. The molecule has 1 aromatic heterocycles. The third kappa shape index (κ3) is 3.56. The lowest BCUT2D eigenvalue weighted by atomic mass is 10.1. The minimum absolute atomic E-state index is 0.188. The first-order valence-electron chi connectivity index (χ1n) is 6.08. The van der Waals surface area contributed by atoms with E-state index in [1.54, 1.807) is 6.92 Å². The summed E-state index contributed by atoms with van der Waals surface area (Å²) in [6.45, 7) is 1.91. The first-order valence-corrected chi connectivity index (χ1v) is 6.08. The van der Waals surface area contributed by atoms with Crippen LogP contribution in [-0.2, 0) is 10.9 Å². The number of aromatic nitrogens is 2. The maximum absolute atomic E-state index is 12.5. The second-order valence-electron chi connectivity index (χ2n) is 4.09. The van der Waals surface area contributed by atoms with E-state index < -0.39 is 17.7 Å². The normalized spacial score (nSPS) is 11.2. The summed E-state index contributed by atoms with van der Waals surface area (Å²) in [5.74, 6) is -0.312. The van der Waals surface area contributed by atoms with Gasteiger partial charge in [0.2, 0.25) is 0 Å². The number of nitrogens with zero attached hydrogens (tertiary/aromatic N) is 2. The van der Waals surface area contributed by atoms with Crippen LogP contribution in [0.15, 0.2) is 36.7 Å². The number of alkyl halides is 3. The SMILES string of the molecule is CCOC(=O)c1cnc(-c2ccc(C(F)(F)F)cc2)nc1. The van der Waals surface area contributed by atoms with Crippen LogP contribution < -0.4 is 0 Å². The fourth-order valence-electron chi connectivity index (χ4n) is 1.61. The van der Waals surface area contributed by atoms with E-state index in [2.05, 4.69) is 9.97 Å². The lowest BCUT2D eigenvalue weighted by Gasteiger charge is -2.07. The second kappa shape index (κ2) is 5.90. The molecule has 0 saturated heterocycles. The Balaban J connectivity index is 2.21. The van der Waals surface area contributed by atoms with Gasteiger partial charge in [0.15, 0.2) is 5.82 Å². The summed E-state index contributed by atoms with van der Waals surface area (Å²) in [6.07, 6.45) is -1.83. The highest BCUT2D eigenvalue weighted by Crippen LogP contribution is 2.30. The van der Waals surface area contributed by atoms with Crippen molar-refractivity contribution in [3.63, 3.8) is 0 Å². The van der Waals surface area contributed by atoms with Crippen LogP contribution in [0.2, 0.25) is 0 Å². The van der Waals surface area contributed by atoms with Gasteiger partial charge in [-0.05, 0) is 19.1 Å². The molecule has 0 N–H and O–H groups in total. The van der Waals surface area contributed by atoms with E-state index in [4.69, 9.17) is 4.74 Å². The minimum atomic E-state index is -4.38. The molecule has 4 nitrogen and oxygen atoms in total. The van der Waals surface area contributed by atoms with Crippen molar-refractivity contribution < 1.29 is 22.7 Å². The van der Waals surface area contributed by atoms with Crippen molar-refractivity contribution in [1.82, 2.24) is 9.97 Å². The zero-order valence-electron chi connectivity index (χ0n) is 11.0. The minimum Gasteiger partial charge on any atom is -0.462 e. The number of rotatable bonds is 3. The molecule has 0 spiro atoms. The van der Waals surface area contributed by atoms with Gasteiger partial charge in [-0.25, -0.2) is 14.8 Å². The molecule has 0 atom stereocenters. The van der Waals surface area contributed by atoms with E-state index in [0.717, 1.165) is 12.1 Å². The van der Waals surface area contributed by atoms with Crippen molar-refractivity contribution in [3.05, 3.63) is 47.8 Å². The number of halogens is 3. The van der Waals surface area contributed by atoms with Crippen molar-refractivity contribution in [2.45, 2.75) is 13.1 Å². The van der Waals surface area contributed by atoms with E-state index >= 15 is 0 Å². The van der Waals surface area contributed by atoms with Crippen molar-refractivity contribution >= 4 is 5.97 Å². The number of hydrogen-bond donors (Lipinski definition) is 0. The van der Waals surface area contributed by atoms with E-state index in [9.17, 15) is 18.0 Å². The summed E-state index contributed by atoms with van der Waals surface area (Å²) in [5.41, 5.74) is -0.125. The number of esters is 1. The molecule has 1 aromatic carbocycles. The van der Waals surface area contributed by atoms with Gasteiger partial charge in [0.1, 0.15) is 0 Å². The Bertz CT molecular complexity index is 622. The molecule has 0 fully saturated rings. The van der Waals surface area contributed by atoms with Crippen LogP contribution in [0.5, 0.6) is 0 Å². The number of carbonyl (C=O) groups excluding carboxylic acids is 1. The summed E-state index contributed by atoms with van der Waals surface area (Å²) < 4.78 is 42.1. The molecule has 2 aromatic rings. The van der Waals surface area contributed by atoms with Gasteiger partial charge in [0.05, 0.1) is 17.7 Å². The Hall–Kier alpha value is -2.44. The number of benzene rings is 1. The predicted octanol–water partition coefficient (Wildman–Crippen LogP) is 3.34. The highest BCUT2D eigenvalue weighted by Gasteiger charge is 2.30. The second-order valence-corrected chi connectivity index (χ2v) is 4.09.